The number of rotatable bonds is 7. The second-order valence-electron chi connectivity index (χ2n) is 6.03. The van der Waals surface area contributed by atoms with Crippen LogP contribution in [-0.2, 0) is 6.54 Å². The topological polar surface area (TPSA) is 44.7 Å². The highest BCUT2D eigenvalue weighted by Gasteiger charge is 2.16. The van der Waals surface area contributed by atoms with Crippen molar-refractivity contribution >= 4 is 0 Å². The van der Waals surface area contributed by atoms with Crippen molar-refractivity contribution in [1.29, 1.82) is 0 Å². The van der Waals surface area contributed by atoms with Gasteiger partial charge in [0, 0.05) is 24.2 Å². The van der Waals surface area contributed by atoms with E-state index in [1.807, 2.05) is 6.92 Å². The molecule has 0 aliphatic carbocycles. The van der Waals surface area contributed by atoms with Gasteiger partial charge in [0.15, 0.2) is 0 Å². The SMILES string of the molecule is COc1ccc(C(C)NC(C)CO)cc1CN1CCCC1. The Hall–Kier alpha value is -1.10. The van der Waals surface area contributed by atoms with Crippen LogP contribution >= 0.6 is 0 Å². The average Bonchev–Trinajstić information content (AvgIpc) is 3.00. The Morgan fingerprint density at radius 1 is 1.29 bits per heavy atom. The summed E-state index contributed by atoms with van der Waals surface area (Å²) in [5.74, 6) is 0.966. The maximum Gasteiger partial charge on any atom is 0.123 e. The predicted molar refractivity (Wildman–Crippen MR) is 85.6 cm³/mol. The van der Waals surface area contributed by atoms with Crippen LogP contribution in [0.1, 0.15) is 43.9 Å². The van der Waals surface area contributed by atoms with Gasteiger partial charge in [0.05, 0.1) is 13.7 Å². The van der Waals surface area contributed by atoms with E-state index in [1.165, 1.54) is 37.1 Å². The first-order valence-corrected chi connectivity index (χ1v) is 7.90. The zero-order valence-electron chi connectivity index (χ0n) is 13.4. The summed E-state index contributed by atoms with van der Waals surface area (Å²) in [5.41, 5.74) is 2.49. The van der Waals surface area contributed by atoms with Crippen LogP contribution in [-0.4, -0.2) is 42.9 Å². The van der Waals surface area contributed by atoms with Gasteiger partial charge in [0.1, 0.15) is 5.75 Å². The first kappa shape index (κ1) is 16.3. The maximum absolute atomic E-state index is 9.17. The molecular weight excluding hydrogens is 264 g/mol. The van der Waals surface area contributed by atoms with Gasteiger partial charge in [-0.3, -0.25) is 4.90 Å². The summed E-state index contributed by atoms with van der Waals surface area (Å²) in [5, 5.41) is 12.6. The summed E-state index contributed by atoms with van der Waals surface area (Å²) < 4.78 is 5.51. The summed E-state index contributed by atoms with van der Waals surface area (Å²) >= 11 is 0. The van der Waals surface area contributed by atoms with Gasteiger partial charge in [-0.25, -0.2) is 0 Å². The molecule has 1 aromatic carbocycles. The van der Waals surface area contributed by atoms with Crippen molar-refractivity contribution in [1.82, 2.24) is 10.2 Å². The number of nitrogens with one attached hydrogen (secondary N) is 1. The standard InChI is InChI=1S/C17H28N2O2/c1-13(12-20)18-14(2)15-6-7-17(21-3)16(10-15)11-19-8-4-5-9-19/h6-7,10,13-14,18,20H,4-5,8-9,11-12H2,1-3H3. The molecule has 1 fully saturated rings. The minimum Gasteiger partial charge on any atom is -0.496 e. The fourth-order valence-corrected chi connectivity index (χ4v) is 2.95. The van der Waals surface area contributed by atoms with Crippen molar-refractivity contribution in [3.05, 3.63) is 29.3 Å². The number of hydrogen-bond acceptors (Lipinski definition) is 4. The van der Waals surface area contributed by atoms with Crippen LogP contribution in [0, 0.1) is 0 Å². The summed E-state index contributed by atoms with van der Waals surface area (Å²) in [6.07, 6.45) is 2.60. The summed E-state index contributed by atoms with van der Waals surface area (Å²) in [4.78, 5) is 2.48. The molecule has 2 unspecified atom stereocenters. The molecule has 1 aliphatic rings. The first-order valence-electron chi connectivity index (χ1n) is 7.90. The molecule has 2 atom stereocenters. The van der Waals surface area contributed by atoms with Gasteiger partial charge >= 0.3 is 0 Å². The zero-order chi connectivity index (χ0) is 15.2. The molecule has 118 valence electrons. The molecule has 2 rings (SSSR count). The molecule has 4 heteroatoms. The van der Waals surface area contributed by atoms with E-state index in [-0.39, 0.29) is 18.7 Å². The maximum atomic E-state index is 9.17. The predicted octanol–water partition coefficient (Wildman–Crippen LogP) is 2.32. The molecule has 4 nitrogen and oxygen atoms in total. The number of methoxy groups -OCH3 is 1. The monoisotopic (exact) mass is 292 g/mol. The molecule has 0 saturated carbocycles. The Balaban J connectivity index is 2.11. The molecule has 1 saturated heterocycles. The lowest BCUT2D eigenvalue weighted by molar-refractivity contribution is 0.243. The Labute approximate surface area is 128 Å². The third kappa shape index (κ3) is 4.43. The summed E-state index contributed by atoms with van der Waals surface area (Å²) in [6, 6.07) is 6.72. The van der Waals surface area contributed by atoms with Crippen molar-refractivity contribution in [2.24, 2.45) is 0 Å². The average molecular weight is 292 g/mol. The highest BCUT2D eigenvalue weighted by atomic mass is 16.5. The van der Waals surface area contributed by atoms with E-state index in [1.54, 1.807) is 7.11 Å². The van der Waals surface area contributed by atoms with Gasteiger partial charge in [0.2, 0.25) is 0 Å². The van der Waals surface area contributed by atoms with E-state index in [4.69, 9.17) is 9.84 Å². The Bertz CT molecular complexity index is 444. The van der Waals surface area contributed by atoms with E-state index >= 15 is 0 Å². The third-order valence-corrected chi connectivity index (χ3v) is 4.21. The molecule has 0 bridgehead atoms. The molecule has 21 heavy (non-hydrogen) atoms. The molecule has 1 heterocycles. The van der Waals surface area contributed by atoms with Gasteiger partial charge in [-0.2, -0.15) is 0 Å². The number of aliphatic hydroxyl groups excluding tert-OH is 1. The minimum absolute atomic E-state index is 0.101. The largest absolute Gasteiger partial charge is 0.496 e. The fraction of sp³-hybridized carbons (Fsp3) is 0.647. The number of hydrogen-bond donors (Lipinski definition) is 2. The third-order valence-electron chi connectivity index (χ3n) is 4.21. The van der Waals surface area contributed by atoms with E-state index in [0.717, 1.165) is 12.3 Å². The molecule has 1 aromatic rings. The first-order chi connectivity index (χ1) is 10.1. The van der Waals surface area contributed by atoms with E-state index in [2.05, 4.69) is 35.3 Å². The minimum atomic E-state index is 0.101. The molecule has 2 N–H and O–H groups in total. The van der Waals surface area contributed by atoms with Crippen LogP contribution in [0.2, 0.25) is 0 Å². The smallest absolute Gasteiger partial charge is 0.123 e. The fourth-order valence-electron chi connectivity index (χ4n) is 2.95. The number of ether oxygens (including phenoxy) is 1. The Kier molecular flexibility index (Phi) is 6.03. The number of aliphatic hydroxyl groups is 1. The highest BCUT2D eigenvalue weighted by Crippen LogP contribution is 2.26. The lowest BCUT2D eigenvalue weighted by atomic mass is 10.0. The molecule has 1 aliphatic heterocycles. The molecule has 0 aromatic heterocycles. The molecule has 0 radical (unpaired) electrons. The zero-order valence-corrected chi connectivity index (χ0v) is 13.4. The van der Waals surface area contributed by atoms with Crippen molar-refractivity contribution in [2.75, 3.05) is 26.8 Å². The van der Waals surface area contributed by atoms with Gasteiger partial charge in [0.25, 0.3) is 0 Å². The molecule has 0 amide bonds. The summed E-state index contributed by atoms with van der Waals surface area (Å²) in [6.45, 7) is 7.60. The van der Waals surface area contributed by atoms with Gasteiger partial charge in [-0.05, 0) is 57.5 Å². The highest BCUT2D eigenvalue weighted by molar-refractivity contribution is 5.38. The van der Waals surface area contributed by atoms with E-state index in [9.17, 15) is 0 Å². The van der Waals surface area contributed by atoms with Crippen LogP contribution in [0.3, 0.4) is 0 Å². The Morgan fingerprint density at radius 2 is 2.00 bits per heavy atom. The van der Waals surface area contributed by atoms with Gasteiger partial charge in [-0.15, -0.1) is 0 Å². The lowest BCUT2D eigenvalue weighted by Gasteiger charge is -2.22. The normalized spacial score (nSPS) is 18.7. The lowest BCUT2D eigenvalue weighted by Crippen LogP contribution is -2.31. The van der Waals surface area contributed by atoms with Crippen LogP contribution in [0.5, 0.6) is 5.75 Å². The quantitative estimate of drug-likeness (QED) is 0.809. The van der Waals surface area contributed by atoms with Crippen molar-refractivity contribution in [3.63, 3.8) is 0 Å². The number of nitrogens with zero attached hydrogens (tertiary/aromatic N) is 1. The van der Waals surface area contributed by atoms with Crippen LogP contribution in [0.4, 0.5) is 0 Å². The summed E-state index contributed by atoms with van der Waals surface area (Å²) in [7, 11) is 1.73. The van der Waals surface area contributed by atoms with Gasteiger partial charge in [-0.1, -0.05) is 6.07 Å². The van der Waals surface area contributed by atoms with E-state index in [0.29, 0.717) is 0 Å². The van der Waals surface area contributed by atoms with Crippen LogP contribution in [0.25, 0.3) is 0 Å². The molecule has 0 spiro atoms. The number of benzene rings is 1. The van der Waals surface area contributed by atoms with Crippen molar-refractivity contribution in [2.45, 2.75) is 45.3 Å². The van der Waals surface area contributed by atoms with Gasteiger partial charge < -0.3 is 15.2 Å². The van der Waals surface area contributed by atoms with E-state index < -0.39 is 0 Å². The van der Waals surface area contributed by atoms with Crippen molar-refractivity contribution in [3.8, 4) is 5.75 Å². The number of likely N-dealkylation sites (tertiary alicyclic amines) is 1. The molecular formula is C17H28N2O2. The van der Waals surface area contributed by atoms with Crippen LogP contribution in [0.15, 0.2) is 18.2 Å². The second kappa shape index (κ2) is 7.78. The second-order valence-corrected chi connectivity index (χ2v) is 6.03. The Morgan fingerprint density at radius 3 is 2.62 bits per heavy atom. The van der Waals surface area contributed by atoms with Crippen molar-refractivity contribution < 1.29 is 9.84 Å². The van der Waals surface area contributed by atoms with Crippen LogP contribution < -0.4 is 10.1 Å².